The number of unbranched alkanes of at least 4 members (excludes halogenated alkanes) is 4. The Morgan fingerprint density at radius 2 is 1.50 bits per heavy atom. The van der Waals surface area contributed by atoms with Gasteiger partial charge in [0.25, 0.3) is 0 Å². The van der Waals surface area contributed by atoms with Crippen molar-refractivity contribution in [3.05, 3.63) is 0 Å². The van der Waals surface area contributed by atoms with Gasteiger partial charge < -0.3 is 11.6 Å². The third-order valence-electron chi connectivity index (χ3n) is 3.76. The minimum Gasteiger partial charge on any atom is -1.00 e. The van der Waals surface area contributed by atoms with E-state index in [4.69, 9.17) is 10.2 Å². The topological polar surface area (TPSA) is 74.6 Å². The van der Waals surface area contributed by atoms with Crippen LogP contribution in [0.2, 0.25) is 0 Å². The van der Waals surface area contributed by atoms with E-state index in [1.807, 2.05) is 13.8 Å². The van der Waals surface area contributed by atoms with Crippen LogP contribution >= 0.6 is 0 Å². The van der Waals surface area contributed by atoms with Crippen molar-refractivity contribution in [2.75, 3.05) is 0 Å². The number of hydrogen-bond acceptors (Lipinski definition) is 2. The first-order valence-corrected chi connectivity index (χ1v) is 7.35. The summed E-state index contributed by atoms with van der Waals surface area (Å²) in [7, 11) is 0. The standard InChI is InChI=1S/C15H28O4.K.H/c1-4-5-6-7-8-9-12(11(2)3)10-13(14(16)17)15(18)19;;/h11-13H,4-10H2,1-3H3,(H,16,17)(H,18,19);;/q;+1;-1. The molecule has 0 spiro atoms. The van der Waals surface area contributed by atoms with Crippen LogP contribution in [0.15, 0.2) is 0 Å². The largest absolute Gasteiger partial charge is 1.00 e. The molecule has 4 nitrogen and oxygen atoms in total. The second-order valence-electron chi connectivity index (χ2n) is 5.67. The van der Waals surface area contributed by atoms with E-state index in [9.17, 15) is 9.59 Å². The molecular formula is C15H29KO4. The molecular weight excluding hydrogens is 283 g/mol. The zero-order valence-corrected chi connectivity index (χ0v) is 16.5. The molecule has 0 fully saturated rings. The number of carbonyl (C=O) groups is 2. The molecule has 0 bridgehead atoms. The molecule has 0 aliphatic rings. The smallest absolute Gasteiger partial charge is 1.00 e. The van der Waals surface area contributed by atoms with E-state index in [0.29, 0.717) is 5.92 Å². The molecule has 20 heavy (non-hydrogen) atoms. The molecule has 0 aromatic carbocycles. The van der Waals surface area contributed by atoms with Gasteiger partial charge in [0.1, 0.15) is 0 Å². The number of aliphatic carboxylic acids is 2. The van der Waals surface area contributed by atoms with Gasteiger partial charge in [-0.1, -0.05) is 59.3 Å². The van der Waals surface area contributed by atoms with Gasteiger partial charge in [0.2, 0.25) is 0 Å². The summed E-state index contributed by atoms with van der Waals surface area (Å²) in [5.41, 5.74) is 0. The molecule has 0 aromatic heterocycles. The van der Waals surface area contributed by atoms with E-state index in [2.05, 4.69) is 6.92 Å². The van der Waals surface area contributed by atoms with Gasteiger partial charge in [0.15, 0.2) is 5.92 Å². The van der Waals surface area contributed by atoms with Gasteiger partial charge in [0.05, 0.1) is 0 Å². The van der Waals surface area contributed by atoms with E-state index in [-0.39, 0.29) is 65.1 Å². The Morgan fingerprint density at radius 3 is 1.90 bits per heavy atom. The van der Waals surface area contributed by atoms with Crippen molar-refractivity contribution < 1.29 is 72.6 Å². The van der Waals surface area contributed by atoms with Crippen molar-refractivity contribution in [1.82, 2.24) is 0 Å². The zero-order chi connectivity index (χ0) is 14.8. The maximum Gasteiger partial charge on any atom is 1.00 e. The normalized spacial score (nSPS) is 12.2. The molecule has 0 amide bonds. The van der Waals surface area contributed by atoms with Crippen LogP contribution in [0.25, 0.3) is 0 Å². The van der Waals surface area contributed by atoms with E-state index in [1.165, 1.54) is 19.3 Å². The second kappa shape index (κ2) is 13.3. The summed E-state index contributed by atoms with van der Waals surface area (Å²) >= 11 is 0. The monoisotopic (exact) mass is 312 g/mol. The van der Waals surface area contributed by atoms with E-state index in [0.717, 1.165) is 19.3 Å². The van der Waals surface area contributed by atoms with Crippen LogP contribution in [0, 0.1) is 17.8 Å². The van der Waals surface area contributed by atoms with Crippen molar-refractivity contribution in [3.63, 3.8) is 0 Å². The van der Waals surface area contributed by atoms with Crippen molar-refractivity contribution >= 4 is 11.9 Å². The molecule has 0 aromatic rings. The molecule has 114 valence electrons. The van der Waals surface area contributed by atoms with Gasteiger partial charge in [-0.15, -0.1) is 0 Å². The fourth-order valence-electron chi connectivity index (χ4n) is 2.34. The second-order valence-corrected chi connectivity index (χ2v) is 5.67. The summed E-state index contributed by atoms with van der Waals surface area (Å²) in [6, 6.07) is 0. The fraction of sp³-hybridized carbons (Fsp3) is 0.867. The predicted molar refractivity (Wildman–Crippen MR) is 76.2 cm³/mol. The zero-order valence-electron chi connectivity index (χ0n) is 14.4. The predicted octanol–water partition coefficient (Wildman–Crippen LogP) is 0.911. The summed E-state index contributed by atoms with van der Waals surface area (Å²) in [5.74, 6) is -3.19. The molecule has 0 saturated heterocycles. The first-order valence-electron chi connectivity index (χ1n) is 7.35. The first-order chi connectivity index (χ1) is 8.90. The average molecular weight is 312 g/mol. The molecule has 0 aliphatic carbocycles. The number of carboxylic acid groups (broad SMARTS) is 2. The SMILES string of the molecule is CCCCCCCC(CC(C(=O)O)C(=O)O)C(C)C.[H-].[K+]. The summed E-state index contributed by atoms with van der Waals surface area (Å²) in [6.07, 6.45) is 7.04. The van der Waals surface area contributed by atoms with Crippen molar-refractivity contribution in [2.45, 2.75) is 65.7 Å². The van der Waals surface area contributed by atoms with Crippen LogP contribution in [0.1, 0.15) is 67.1 Å². The van der Waals surface area contributed by atoms with E-state index < -0.39 is 17.9 Å². The molecule has 1 atom stereocenters. The van der Waals surface area contributed by atoms with E-state index >= 15 is 0 Å². The Kier molecular flexibility index (Phi) is 15.1. The van der Waals surface area contributed by atoms with Gasteiger partial charge in [-0.3, -0.25) is 9.59 Å². The van der Waals surface area contributed by atoms with Gasteiger partial charge in [0, 0.05) is 0 Å². The minimum absolute atomic E-state index is 0. The van der Waals surface area contributed by atoms with Crippen LogP contribution in [0.5, 0.6) is 0 Å². The number of rotatable bonds is 11. The third kappa shape index (κ3) is 10.3. The maximum absolute atomic E-state index is 10.9. The Labute approximate surface area is 166 Å². The van der Waals surface area contributed by atoms with Crippen molar-refractivity contribution in [3.8, 4) is 0 Å². The van der Waals surface area contributed by atoms with Crippen LogP contribution < -0.4 is 51.4 Å². The molecule has 0 aliphatic heterocycles. The Balaban J connectivity index is -0.00000162. The molecule has 5 heteroatoms. The minimum atomic E-state index is -1.26. The fourth-order valence-corrected chi connectivity index (χ4v) is 2.34. The Bertz CT molecular complexity index is 271. The summed E-state index contributed by atoms with van der Waals surface area (Å²) in [4.78, 5) is 21.9. The average Bonchev–Trinajstić information content (AvgIpc) is 2.31. The molecule has 0 heterocycles. The summed E-state index contributed by atoms with van der Waals surface area (Å²) < 4.78 is 0. The quantitative estimate of drug-likeness (QED) is 0.338. The van der Waals surface area contributed by atoms with Gasteiger partial charge in [-0.2, -0.15) is 0 Å². The maximum atomic E-state index is 10.9. The van der Waals surface area contributed by atoms with Crippen LogP contribution in [-0.2, 0) is 9.59 Å². The molecule has 0 saturated carbocycles. The van der Waals surface area contributed by atoms with Crippen molar-refractivity contribution in [2.24, 2.45) is 17.8 Å². The molecule has 0 rings (SSSR count). The Morgan fingerprint density at radius 1 is 1.00 bits per heavy atom. The van der Waals surface area contributed by atoms with Gasteiger partial charge >= 0.3 is 63.3 Å². The number of carboxylic acids is 2. The van der Waals surface area contributed by atoms with Crippen LogP contribution in [0.3, 0.4) is 0 Å². The molecule has 2 N–H and O–H groups in total. The molecule has 0 radical (unpaired) electrons. The summed E-state index contributed by atoms with van der Waals surface area (Å²) in [6.45, 7) is 6.25. The van der Waals surface area contributed by atoms with Crippen LogP contribution in [-0.4, -0.2) is 22.2 Å². The van der Waals surface area contributed by atoms with E-state index in [1.54, 1.807) is 0 Å². The Hall–Kier alpha value is 0.576. The first kappa shape index (κ1) is 22.9. The van der Waals surface area contributed by atoms with Gasteiger partial charge in [-0.25, -0.2) is 0 Å². The third-order valence-corrected chi connectivity index (χ3v) is 3.76. The number of hydrogen-bond donors (Lipinski definition) is 2. The van der Waals surface area contributed by atoms with Crippen molar-refractivity contribution in [1.29, 1.82) is 0 Å². The van der Waals surface area contributed by atoms with Crippen LogP contribution in [0.4, 0.5) is 0 Å². The summed E-state index contributed by atoms with van der Waals surface area (Å²) in [5, 5.41) is 17.9. The van der Waals surface area contributed by atoms with Gasteiger partial charge in [-0.05, 0) is 18.3 Å². The molecule has 1 unspecified atom stereocenters.